The number of benzene rings is 2. The summed E-state index contributed by atoms with van der Waals surface area (Å²) in [6, 6.07) is 16.1. The number of anilines is 1. The molecule has 0 bridgehead atoms. The third-order valence-electron chi connectivity index (χ3n) is 3.21. The third-order valence-corrected chi connectivity index (χ3v) is 3.94. The van der Waals surface area contributed by atoms with Crippen molar-refractivity contribution < 1.29 is 9.21 Å². The number of thioether (sulfide) groups is 1. The van der Waals surface area contributed by atoms with E-state index in [4.69, 9.17) is 4.42 Å². The fourth-order valence-electron chi connectivity index (χ4n) is 2.12. The quantitative estimate of drug-likeness (QED) is 0.591. The predicted octanol–water partition coefficient (Wildman–Crippen LogP) is 3.77. The molecule has 110 valence electrons. The predicted molar refractivity (Wildman–Crippen MR) is 88.7 cm³/mol. The van der Waals surface area contributed by atoms with Gasteiger partial charge in [-0.25, -0.2) is 4.79 Å². The van der Waals surface area contributed by atoms with Gasteiger partial charge in [-0.2, -0.15) is 0 Å². The molecular weight excluding hydrogens is 298 g/mol. The second kappa shape index (κ2) is 6.07. The van der Waals surface area contributed by atoms with E-state index in [1.165, 1.54) is 0 Å². The summed E-state index contributed by atoms with van der Waals surface area (Å²) in [6.45, 7) is 0. The highest BCUT2D eigenvalue weighted by Gasteiger charge is 2.13. The average molecular weight is 311 g/mol. The lowest BCUT2D eigenvalue weighted by molar-refractivity contribution is 0.102. The maximum atomic E-state index is 12.3. The van der Waals surface area contributed by atoms with Crippen molar-refractivity contribution in [2.24, 2.45) is 0 Å². The number of hydrogen-bond donors (Lipinski definition) is 1. The van der Waals surface area contributed by atoms with Crippen LogP contribution < -0.4 is 10.9 Å². The Morgan fingerprint density at radius 1 is 1.09 bits per heavy atom. The highest BCUT2D eigenvalue weighted by molar-refractivity contribution is 7.98. The molecule has 1 aromatic heterocycles. The van der Waals surface area contributed by atoms with Crippen LogP contribution >= 0.6 is 11.8 Å². The lowest BCUT2D eigenvalue weighted by Gasteiger charge is -2.06. The molecule has 3 rings (SSSR count). The normalized spacial score (nSPS) is 10.6. The molecule has 0 fully saturated rings. The van der Waals surface area contributed by atoms with Gasteiger partial charge in [0.1, 0.15) is 11.1 Å². The molecule has 22 heavy (non-hydrogen) atoms. The average Bonchev–Trinajstić information content (AvgIpc) is 2.54. The number of carbonyl (C=O) groups is 1. The molecule has 0 spiro atoms. The van der Waals surface area contributed by atoms with Crippen LogP contribution in [-0.4, -0.2) is 12.2 Å². The zero-order chi connectivity index (χ0) is 15.5. The van der Waals surface area contributed by atoms with Crippen LogP contribution in [0.3, 0.4) is 0 Å². The maximum Gasteiger partial charge on any atom is 0.349 e. The maximum absolute atomic E-state index is 12.3. The van der Waals surface area contributed by atoms with Gasteiger partial charge in [-0.05, 0) is 36.6 Å². The summed E-state index contributed by atoms with van der Waals surface area (Å²) in [4.78, 5) is 25.3. The molecule has 0 unspecified atom stereocenters. The Morgan fingerprint density at radius 3 is 2.73 bits per heavy atom. The Labute approximate surface area is 131 Å². The topological polar surface area (TPSA) is 59.3 Å². The molecule has 4 nitrogen and oxygen atoms in total. The van der Waals surface area contributed by atoms with Gasteiger partial charge in [-0.3, -0.25) is 4.79 Å². The van der Waals surface area contributed by atoms with E-state index in [1.807, 2.05) is 30.5 Å². The number of nitrogens with one attached hydrogen (secondary N) is 1. The zero-order valence-corrected chi connectivity index (χ0v) is 12.6. The molecule has 0 saturated carbocycles. The van der Waals surface area contributed by atoms with E-state index in [1.54, 1.807) is 42.1 Å². The van der Waals surface area contributed by atoms with E-state index >= 15 is 0 Å². The smallest absolute Gasteiger partial charge is 0.349 e. The van der Waals surface area contributed by atoms with Crippen LogP contribution in [0, 0.1) is 0 Å². The van der Waals surface area contributed by atoms with Crippen molar-refractivity contribution in [1.29, 1.82) is 0 Å². The molecule has 0 radical (unpaired) electrons. The van der Waals surface area contributed by atoms with Gasteiger partial charge in [0.05, 0.1) is 0 Å². The Kier molecular flexibility index (Phi) is 3.98. The Morgan fingerprint density at radius 2 is 1.91 bits per heavy atom. The summed E-state index contributed by atoms with van der Waals surface area (Å²) >= 11 is 1.58. The fraction of sp³-hybridized carbons (Fsp3) is 0.0588. The number of rotatable bonds is 3. The summed E-state index contributed by atoms with van der Waals surface area (Å²) in [5.74, 6) is -0.474. The molecule has 0 atom stereocenters. The van der Waals surface area contributed by atoms with Crippen molar-refractivity contribution in [3.05, 3.63) is 70.6 Å². The van der Waals surface area contributed by atoms with Gasteiger partial charge in [-0.15, -0.1) is 11.8 Å². The molecule has 1 N–H and O–H groups in total. The molecule has 1 amide bonds. The van der Waals surface area contributed by atoms with Gasteiger partial charge in [0, 0.05) is 16.0 Å². The molecule has 0 saturated heterocycles. The molecular formula is C17H13NO3S. The van der Waals surface area contributed by atoms with Gasteiger partial charge in [0.15, 0.2) is 0 Å². The van der Waals surface area contributed by atoms with E-state index < -0.39 is 11.5 Å². The minimum absolute atomic E-state index is 0.00625. The highest BCUT2D eigenvalue weighted by atomic mass is 32.2. The highest BCUT2D eigenvalue weighted by Crippen LogP contribution is 2.19. The standard InChI is InChI=1S/C17H13NO3S/c1-22-13-7-4-6-12(10-13)18-16(19)14-9-11-5-2-3-8-15(11)21-17(14)20/h2-10H,1H3,(H,18,19). The van der Waals surface area contributed by atoms with E-state index in [0.29, 0.717) is 16.7 Å². The summed E-state index contributed by atoms with van der Waals surface area (Å²) < 4.78 is 5.18. The van der Waals surface area contributed by atoms with Gasteiger partial charge >= 0.3 is 5.63 Å². The first-order valence-corrected chi connectivity index (χ1v) is 7.88. The molecule has 2 aromatic carbocycles. The van der Waals surface area contributed by atoms with Gasteiger partial charge < -0.3 is 9.73 Å². The summed E-state index contributed by atoms with van der Waals surface area (Å²) in [6.07, 6.45) is 1.96. The Hall–Kier alpha value is -2.53. The first-order valence-electron chi connectivity index (χ1n) is 6.65. The lowest BCUT2D eigenvalue weighted by Crippen LogP contribution is -2.20. The molecule has 0 aliphatic rings. The van der Waals surface area contributed by atoms with E-state index in [9.17, 15) is 9.59 Å². The van der Waals surface area contributed by atoms with Crippen molar-refractivity contribution in [2.75, 3.05) is 11.6 Å². The fourth-order valence-corrected chi connectivity index (χ4v) is 2.58. The Balaban J connectivity index is 1.94. The van der Waals surface area contributed by atoms with Crippen LogP contribution in [0.5, 0.6) is 0 Å². The summed E-state index contributed by atoms with van der Waals surface area (Å²) in [5.41, 5.74) is 0.461. The van der Waals surface area contributed by atoms with E-state index in [0.717, 1.165) is 4.90 Å². The molecule has 0 aliphatic carbocycles. The molecule has 3 aromatic rings. The van der Waals surface area contributed by atoms with Crippen LogP contribution in [0.4, 0.5) is 5.69 Å². The molecule has 5 heteroatoms. The SMILES string of the molecule is CSc1cccc(NC(=O)c2cc3ccccc3oc2=O)c1. The lowest BCUT2D eigenvalue weighted by atomic mass is 10.1. The summed E-state index contributed by atoms with van der Waals surface area (Å²) in [5, 5.41) is 3.44. The van der Waals surface area contributed by atoms with Crippen LogP contribution in [0.2, 0.25) is 0 Å². The van der Waals surface area contributed by atoms with E-state index in [-0.39, 0.29) is 5.56 Å². The van der Waals surface area contributed by atoms with Gasteiger partial charge in [0.2, 0.25) is 0 Å². The first-order chi connectivity index (χ1) is 10.7. The second-order valence-corrected chi connectivity index (χ2v) is 5.55. The van der Waals surface area contributed by atoms with E-state index in [2.05, 4.69) is 5.32 Å². The van der Waals surface area contributed by atoms with Crippen molar-refractivity contribution >= 4 is 34.3 Å². The molecule has 0 aliphatic heterocycles. The van der Waals surface area contributed by atoms with Crippen LogP contribution in [0.25, 0.3) is 11.0 Å². The van der Waals surface area contributed by atoms with Crippen molar-refractivity contribution in [2.45, 2.75) is 4.90 Å². The number of para-hydroxylation sites is 1. The molecule has 1 heterocycles. The Bertz CT molecular complexity index is 902. The van der Waals surface area contributed by atoms with Crippen LogP contribution in [-0.2, 0) is 0 Å². The monoisotopic (exact) mass is 311 g/mol. The van der Waals surface area contributed by atoms with Crippen molar-refractivity contribution in [1.82, 2.24) is 0 Å². The first kappa shape index (κ1) is 14.4. The minimum Gasteiger partial charge on any atom is -0.422 e. The number of fused-ring (bicyclic) bond motifs is 1. The van der Waals surface area contributed by atoms with Crippen LogP contribution in [0.15, 0.2) is 68.7 Å². The number of amides is 1. The number of hydrogen-bond acceptors (Lipinski definition) is 4. The number of carbonyl (C=O) groups excluding carboxylic acids is 1. The van der Waals surface area contributed by atoms with Crippen molar-refractivity contribution in [3.8, 4) is 0 Å². The summed E-state index contributed by atoms with van der Waals surface area (Å²) in [7, 11) is 0. The van der Waals surface area contributed by atoms with Gasteiger partial charge in [0.25, 0.3) is 5.91 Å². The minimum atomic E-state index is -0.641. The van der Waals surface area contributed by atoms with Crippen molar-refractivity contribution in [3.63, 3.8) is 0 Å². The van der Waals surface area contributed by atoms with Gasteiger partial charge in [-0.1, -0.05) is 24.3 Å². The second-order valence-electron chi connectivity index (χ2n) is 4.67. The largest absolute Gasteiger partial charge is 0.422 e. The zero-order valence-electron chi connectivity index (χ0n) is 11.8. The third kappa shape index (κ3) is 2.89. The van der Waals surface area contributed by atoms with Crippen LogP contribution in [0.1, 0.15) is 10.4 Å².